The molecule has 44 heavy (non-hydrogen) atoms. The average Bonchev–Trinajstić information content (AvgIpc) is 3.06. The van der Waals surface area contributed by atoms with Crippen molar-refractivity contribution in [1.82, 2.24) is 4.90 Å². The predicted octanol–water partition coefficient (Wildman–Crippen LogP) is 5.03. The van der Waals surface area contributed by atoms with E-state index in [2.05, 4.69) is 0 Å². The number of ether oxygens (including phenoxy) is 7. The van der Waals surface area contributed by atoms with Gasteiger partial charge in [-0.1, -0.05) is 30.3 Å². The van der Waals surface area contributed by atoms with Crippen molar-refractivity contribution in [2.75, 3.05) is 49.7 Å². The molecule has 2 aliphatic rings. The lowest BCUT2D eigenvalue weighted by molar-refractivity contribution is -0.162. The van der Waals surface area contributed by atoms with Gasteiger partial charge in [0.05, 0.1) is 54.6 Å². The van der Waals surface area contributed by atoms with Gasteiger partial charge >= 0.3 is 5.97 Å². The SMILES string of the molecule is COc1cc([C@H]2c3c(cc(OC)c(OC)c3OC)C=C3C(=O)N(C)[C@@H](C)[C@@H](c4ccccc4)OC(=O)[C@@H]32)cc(OC)c1OC. The van der Waals surface area contributed by atoms with E-state index in [1.54, 1.807) is 36.2 Å². The summed E-state index contributed by atoms with van der Waals surface area (Å²) in [7, 11) is 10.8. The van der Waals surface area contributed by atoms with Crippen LogP contribution in [0.5, 0.6) is 34.5 Å². The largest absolute Gasteiger partial charge is 0.493 e. The van der Waals surface area contributed by atoms with Crippen LogP contribution >= 0.6 is 0 Å². The van der Waals surface area contributed by atoms with Crippen molar-refractivity contribution in [3.8, 4) is 34.5 Å². The first kappa shape index (κ1) is 30.6. The minimum Gasteiger partial charge on any atom is -0.493 e. The highest BCUT2D eigenvalue weighted by Crippen LogP contribution is 2.55. The lowest BCUT2D eigenvalue weighted by Gasteiger charge is -2.41. The molecule has 0 bridgehead atoms. The fraction of sp³-hybridized carbons (Fsp3) is 0.353. The molecule has 4 atom stereocenters. The van der Waals surface area contributed by atoms with Crippen LogP contribution in [0.1, 0.15) is 41.2 Å². The van der Waals surface area contributed by atoms with Gasteiger partial charge in [0.1, 0.15) is 6.10 Å². The molecule has 3 aromatic carbocycles. The Morgan fingerprint density at radius 3 is 1.80 bits per heavy atom. The minimum atomic E-state index is -1.06. The third-order valence-corrected chi connectivity index (χ3v) is 8.48. The molecule has 1 amide bonds. The Balaban J connectivity index is 1.84. The normalized spacial score (nSPS) is 21.1. The molecule has 10 heteroatoms. The van der Waals surface area contributed by atoms with Crippen LogP contribution in [0.4, 0.5) is 0 Å². The molecule has 0 unspecified atom stereocenters. The number of nitrogens with zero attached hydrogens (tertiary/aromatic N) is 1. The Bertz CT molecular complexity index is 1570. The van der Waals surface area contributed by atoms with E-state index < -0.39 is 30.0 Å². The molecule has 232 valence electrons. The van der Waals surface area contributed by atoms with Crippen molar-refractivity contribution >= 4 is 18.0 Å². The molecule has 1 heterocycles. The van der Waals surface area contributed by atoms with Crippen LogP contribution in [-0.4, -0.2) is 72.5 Å². The fourth-order valence-corrected chi connectivity index (χ4v) is 6.22. The number of amides is 1. The van der Waals surface area contributed by atoms with Gasteiger partial charge in [0, 0.05) is 24.1 Å². The van der Waals surface area contributed by atoms with Gasteiger partial charge in [-0.05, 0) is 47.9 Å². The van der Waals surface area contributed by atoms with Gasteiger partial charge in [-0.15, -0.1) is 0 Å². The van der Waals surface area contributed by atoms with Crippen LogP contribution in [0.3, 0.4) is 0 Å². The van der Waals surface area contributed by atoms with Crippen LogP contribution in [0, 0.1) is 5.92 Å². The van der Waals surface area contributed by atoms with E-state index in [4.69, 9.17) is 33.2 Å². The van der Waals surface area contributed by atoms with Gasteiger partial charge < -0.3 is 38.1 Å². The van der Waals surface area contributed by atoms with Crippen molar-refractivity contribution in [2.45, 2.75) is 25.0 Å². The summed E-state index contributed by atoms with van der Waals surface area (Å²) in [6.07, 6.45) is 1.02. The molecule has 0 spiro atoms. The van der Waals surface area contributed by atoms with E-state index in [-0.39, 0.29) is 11.5 Å². The van der Waals surface area contributed by atoms with E-state index in [9.17, 15) is 9.59 Å². The van der Waals surface area contributed by atoms with E-state index in [1.807, 2.05) is 37.3 Å². The maximum atomic E-state index is 14.5. The zero-order valence-electron chi connectivity index (χ0n) is 26.1. The maximum absolute atomic E-state index is 14.5. The highest BCUT2D eigenvalue weighted by atomic mass is 16.6. The van der Waals surface area contributed by atoms with Gasteiger partial charge in [0.2, 0.25) is 11.5 Å². The number of carbonyl (C=O) groups is 2. The van der Waals surface area contributed by atoms with Gasteiger partial charge in [-0.2, -0.15) is 0 Å². The molecule has 3 aromatic rings. The fourth-order valence-electron chi connectivity index (χ4n) is 6.22. The first-order chi connectivity index (χ1) is 21.2. The number of carbonyl (C=O) groups excluding carboxylic acids is 2. The summed E-state index contributed by atoms with van der Waals surface area (Å²) in [6.45, 7) is 1.87. The smallest absolute Gasteiger partial charge is 0.315 e. The van der Waals surface area contributed by atoms with Gasteiger partial charge in [0.15, 0.2) is 23.0 Å². The van der Waals surface area contributed by atoms with Crippen molar-refractivity contribution in [2.24, 2.45) is 5.92 Å². The zero-order chi connectivity index (χ0) is 31.7. The zero-order valence-corrected chi connectivity index (χ0v) is 26.1. The summed E-state index contributed by atoms with van der Waals surface area (Å²) >= 11 is 0. The third-order valence-electron chi connectivity index (χ3n) is 8.48. The highest BCUT2D eigenvalue weighted by molar-refractivity contribution is 6.05. The monoisotopic (exact) mass is 603 g/mol. The third kappa shape index (κ3) is 4.94. The van der Waals surface area contributed by atoms with Crippen molar-refractivity contribution in [3.05, 3.63) is 76.4 Å². The Morgan fingerprint density at radius 2 is 1.25 bits per heavy atom. The number of benzene rings is 3. The molecule has 1 aliphatic heterocycles. The Hall–Kier alpha value is -4.86. The molecule has 1 fully saturated rings. The molecule has 1 aliphatic carbocycles. The summed E-state index contributed by atoms with van der Waals surface area (Å²) in [5.41, 5.74) is 2.91. The minimum absolute atomic E-state index is 0.274. The van der Waals surface area contributed by atoms with Crippen LogP contribution in [0.25, 0.3) is 6.08 Å². The average molecular weight is 604 g/mol. The van der Waals surface area contributed by atoms with Crippen molar-refractivity contribution < 1.29 is 42.7 Å². The first-order valence-corrected chi connectivity index (χ1v) is 14.1. The van der Waals surface area contributed by atoms with Gasteiger partial charge in [-0.25, -0.2) is 0 Å². The standard InChI is InChI=1S/C34H37NO9/c1-18-29(19-12-10-9-11-13-19)44-34(37)28-22(33(36)35(18)2)14-20-15-25(40-5)31(42-7)32(43-8)27(20)26(28)21-16-23(38-3)30(41-6)24(17-21)39-4/h9-18,26,28-29H,1-8H3/t18-,26-,28-,29-/m0/s1. The van der Waals surface area contributed by atoms with Crippen LogP contribution < -0.4 is 28.4 Å². The second-order valence-corrected chi connectivity index (χ2v) is 10.6. The lowest BCUT2D eigenvalue weighted by Crippen LogP contribution is -2.48. The number of fused-ring (bicyclic) bond motifs is 2. The number of methoxy groups -OCH3 is 6. The van der Waals surface area contributed by atoms with Gasteiger partial charge in [-0.3, -0.25) is 9.59 Å². The second kappa shape index (κ2) is 12.4. The van der Waals surface area contributed by atoms with Crippen LogP contribution in [-0.2, 0) is 14.3 Å². The van der Waals surface area contributed by atoms with Crippen LogP contribution in [0.2, 0.25) is 0 Å². The van der Waals surface area contributed by atoms with E-state index in [0.717, 1.165) is 5.56 Å². The van der Waals surface area contributed by atoms with Crippen molar-refractivity contribution in [3.63, 3.8) is 0 Å². The number of likely N-dealkylation sites (N-methyl/N-ethyl adjacent to an activating group) is 1. The number of hydrogen-bond donors (Lipinski definition) is 0. The molecule has 0 N–H and O–H groups in total. The molecule has 10 nitrogen and oxygen atoms in total. The van der Waals surface area contributed by atoms with E-state index >= 15 is 0 Å². The number of esters is 1. The summed E-state index contributed by atoms with van der Waals surface area (Å²) in [6, 6.07) is 14.3. The molecule has 0 aromatic heterocycles. The number of hydrogen-bond acceptors (Lipinski definition) is 9. The first-order valence-electron chi connectivity index (χ1n) is 14.1. The quantitative estimate of drug-likeness (QED) is 0.328. The Morgan fingerprint density at radius 1 is 0.682 bits per heavy atom. The molecular formula is C34H37NO9. The summed E-state index contributed by atoms with van der Waals surface area (Å²) in [5.74, 6) is -0.422. The summed E-state index contributed by atoms with van der Waals surface area (Å²) < 4.78 is 40.6. The molecule has 0 radical (unpaired) electrons. The maximum Gasteiger partial charge on any atom is 0.315 e. The van der Waals surface area contributed by atoms with E-state index in [1.165, 1.54) is 42.7 Å². The van der Waals surface area contributed by atoms with Gasteiger partial charge in [0.25, 0.3) is 5.91 Å². The van der Waals surface area contributed by atoms with Crippen molar-refractivity contribution in [1.29, 1.82) is 0 Å². The summed E-state index contributed by atoms with van der Waals surface area (Å²) in [5, 5.41) is 0. The number of rotatable bonds is 8. The Labute approximate surface area is 257 Å². The lowest BCUT2D eigenvalue weighted by atomic mass is 9.70. The summed E-state index contributed by atoms with van der Waals surface area (Å²) in [4.78, 5) is 30.4. The molecule has 0 saturated carbocycles. The Kier molecular flexibility index (Phi) is 8.62. The molecule has 1 saturated heterocycles. The van der Waals surface area contributed by atoms with Crippen LogP contribution in [0.15, 0.2) is 54.1 Å². The predicted molar refractivity (Wildman–Crippen MR) is 163 cm³/mol. The topological polar surface area (TPSA) is 102 Å². The number of cyclic esters (lactones) is 1. The van der Waals surface area contributed by atoms with E-state index in [0.29, 0.717) is 51.2 Å². The highest BCUT2D eigenvalue weighted by Gasteiger charge is 2.48. The molecular weight excluding hydrogens is 566 g/mol. The molecule has 5 rings (SSSR count). The second-order valence-electron chi connectivity index (χ2n) is 10.6.